The molecule has 26 heavy (non-hydrogen) atoms. The maximum absolute atomic E-state index is 12.2. The van der Waals surface area contributed by atoms with Crippen LogP contribution in [0, 0.1) is 5.41 Å². The van der Waals surface area contributed by atoms with Gasteiger partial charge in [0.05, 0.1) is 6.10 Å². The lowest BCUT2D eigenvalue weighted by Crippen LogP contribution is -2.45. The molecule has 0 aliphatic rings. The van der Waals surface area contributed by atoms with Gasteiger partial charge in [-0.1, -0.05) is 32.1 Å². The fourth-order valence-corrected chi connectivity index (χ4v) is 1.93. The molecule has 0 aromatic rings. The van der Waals surface area contributed by atoms with E-state index in [2.05, 4.69) is 18.5 Å². The Morgan fingerprint density at radius 2 is 1.77 bits per heavy atom. The second kappa shape index (κ2) is 10.4. The summed E-state index contributed by atoms with van der Waals surface area (Å²) in [6.45, 7) is 20.8. The number of carbonyl (C=O) groups is 2. The van der Waals surface area contributed by atoms with E-state index in [1.165, 1.54) is 6.08 Å². The molecule has 6 nitrogen and oxygen atoms in total. The number of nitrogens with one attached hydrogen (secondary N) is 1. The first-order valence-electron chi connectivity index (χ1n) is 8.82. The van der Waals surface area contributed by atoms with Gasteiger partial charge < -0.3 is 19.5 Å². The molecule has 1 amide bonds. The Bertz CT molecular complexity index is 505. The predicted octanol–water partition coefficient (Wildman–Crippen LogP) is 4.01. The third-order valence-corrected chi connectivity index (χ3v) is 3.70. The molecule has 0 saturated heterocycles. The Balaban J connectivity index is 4.83. The van der Waals surface area contributed by atoms with Gasteiger partial charge in [-0.3, -0.25) is 0 Å². The lowest BCUT2D eigenvalue weighted by atomic mass is 9.87. The van der Waals surface area contributed by atoms with Gasteiger partial charge in [0.2, 0.25) is 0 Å². The molecule has 0 radical (unpaired) electrons. The van der Waals surface area contributed by atoms with Crippen molar-refractivity contribution in [3.05, 3.63) is 24.8 Å². The summed E-state index contributed by atoms with van der Waals surface area (Å²) < 4.78 is 16.3. The molecule has 6 heteroatoms. The maximum Gasteiger partial charge on any atom is 0.407 e. The van der Waals surface area contributed by atoms with Gasteiger partial charge in [-0.25, -0.2) is 9.59 Å². The van der Waals surface area contributed by atoms with Crippen LogP contribution in [0.25, 0.3) is 0 Å². The second-order valence-corrected chi connectivity index (χ2v) is 8.19. The quantitative estimate of drug-likeness (QED) is 0.465. The minimum atomic E-state index is -0.747. The van der Waals surface area contributed by atoms with Crippen molar-refractivity contribution < 1.29 is 23.8 Å². The minimum absolute atomic E-state index is 0.132. The van der Waals surface area contributed by atoms with E-state index in [0.29, 0.717) is 13.0 Å². The highest BCUT2D eigenvalue weighted by Crippen LogP contribution is 2.25. The van der Waals surface area contributed by atoms with Gasteiger partial charge in [0, 0.05) is 18.4 Å². The summed E-state index contributed by atoms with van der Waals surface area (Å²) in [5, 5.41) is 2.75. The number of rotatable bonds is 10. The molecule has 0 rings (SSSR count). The van der Waals surface area contributed by atoms with Crippen LogP contribution in [0.4, 0.5) is 4.79 Å². The van der Waals surface area contributed by atoms with Gasteiger partial charge in [-0.15, -0.1) is 6.58 Å². The Labute approximate surface area is 158 Å². The van der Waals surface area contributed by atoms with Crippen LogP contribution in [0.15, 0.2) is 24.8 Å². The van der Waals surface area contributed by atoms with Crippen LogP contribution in [-0.2, 0) is 19.0 Å². The van der Waals surface area contributed by atoms with E-state index in [1.54, 1.807) is 20.8 Å². The molecule has 150 valence electrons. The minimum Gasteiger partial charge on any atom is -0.460 e. The Morgan fingerprint density at radius 1 is 1.19 bits per heavy atom. The van der Waals surface area contributed by atoms with Gasteiger partial charge in [-0.05, 0) is 34.6 Å². The van der Waals surface area contributed by atoms with E-state index in [1.807, 2.05) is 27.7 Å². The summed E-state index contributed by atoms with van der Waals surface area (Å²) in [6.07, 6.45) is 0.326. The molecule has 0 spiro atoms. The van der Waals surface area contributed by atoms with Gasteiger partial charge in [0.1, 0.15) is 12.2 Å². The number of amides is 1. The van der Waals surface area contributed by atoms with Crippen LogP contribution in [0.3, 0.4) is 0 Å². The number of ether oxygens (including phenoxy) is 3. The number of carbonyl (C=O) groups excluding carboxylic acids is 2. The molecule has 0 saturated carbocycles. The van der Waals surface area contributed by atoms with E-state index in [4.69, 9.17) is 14.2 Å². The van der Waals surface area contributed by atoms with E-state index in [-0.39, 0.29) is 12.7 Å². The van der Waals surface area contributed by atoms with Gasteiger partial charge in [0.15, 0.2) is 6.10 Å². The van der Waals surface area contributed by atoms with E-state index < -0.39 is 29.2 Å². The van der Waals surface area contributed by atoms with E-state index >= 15 is 0 Å². The smallest absolute Gasteiger partial charge is 0.407 e. The van der Waals surface area contributed by atoms with Crippen LogP contribution >= 0.6 is 0 Å². The van der Waals surface area contributed by atoms with Crippen molar-refractivity contribution in [2.24, 2.45) is 5.41 Å². The second-order valence-electron chi connectivity index (χ2n) is 8.19. The van der Waals surface area contributed by atoms with Crippen LogP contribution in [0.1, 0.15) is 54.9 Å². The summed E-state index contributed by atoms with van der Waals surface area (Å²) >= 11 is 0. The summed E-state index contributed by atoms with van der Waals surface area (Å²) in [7, 11) is 0. The normalized spacial score (nSPS) is 14.1. The summed E-state index contributed by atoms with van der Waals surface area (Å²) in [5.41, 5.74) is -0.164. The fraction of sp³-hybridized carbons (Fsp3) is 0.700. The number of hydrogen-bond acceptors (Lipinski definition) is 5. The lowest BCUT2D eigenvalue weighted by Gasteiger charge is -2.34. The first-order valence-corrected chi connectivity index (χ1v) is 8.82. The topological polar surface area (TPSA) is 73.9 Å². The van der Waals surface area contributed by atoms with Gasteiger partial charge in [-0.2, -0.15) is 0 Å². The standard InChI is InChI=1S/C20H35NO5/c1-10-11-24-17(22)16(12-14(2)3)25-15(4)20(8,9)13-21-18(23)26-19(5,6)7/h10,15-16H,1-2,11-13H2,3-9H3,(H,21,23)/t15?,16-/m0/s1. The average molecular weight is 370 g/mol. The third kappa shape index (κ3) is 10.2. The van der Waals surface area contributed by atoms with E-state index in [9.17, 15) is 9.59 Å². The molecule has 0 aliphatic heterocycles. The highest BCUT2D eigenvalue weighted by Gasteiger charge is 2.33. The molecule has 1 N–H and O–H groups in total. The molecular formula is C20H35NO5. The van der Waals surface area contributed by atoms with E-state index in [0.717, 1.165) is 5.57 Å². The van der Waals surface area contributed by atoms with Crippen molar-refractivity contribution in [3.63, 3.8) is 0 Å². The summed E-state index contributed by atoms with van der Waals surface area (Å²) in [4.78, 5) is 24.0. The molecular weight excluding hydrogens is 334 g/mol. The van der Waals surface area contributed by atoms with Crippen molar-refractivity contribution in [2.75, 3.05) is 13.2 Å². The predicted molar refractivity (Wildman–Crippen MR) is 103 cm³/mol. The Morgan fingerprint density at radius 3 is 2.23 bits per heavy atom. The number of alkyl carbamates (subject to hydrolysis) is 1. The highest BCUT2D eigenvalue weighted by atomic mass is 16.6. The van der Waals surface area contributed by atoms with Crippen molar-refractivity contribution in [1.29, 1.82) is 0 Å². The molecule has 0 aliphatic carbocycles. The third-order valence-electron chi connectivity index (χ3n) is 3.70. The molecule has 0 bridgehead atoms. The van der Waals surface area contributed by atoms with Crippen LogP contribution in [0.5, 0.6) is 0 Å². The zero-order valence-corrected chi connectivity index (χ0v) is 17.3. The average Bonchev–Trinajstić information content (AvgIpc) is 2.47. The van der Waals surface area contributed by atoms with Crippen LogP contribution < -0.4 is 5.32 Å². The van der Waals surface area contributed by atoms with Crippen molar-refractivity contribution in [2.45, 2.75) is 72.7 Å². The summed E-state index contributed by atoms with van der Waals surface area (Å²) in [5.74, 6) is -0.448. The lowest BCUT2D eigenvalue weighted by molar-refractivity contribution is -0.163. The van der Waals surface area contributed by atoms with Crippen molar-refractivity contribution in [1.82, 2.24) is 5.32 Å². The van der Waals surface area contributed by atoms with Crippen LogP contribution in [-0.4, -0.2) is 43.0 Å². The van der Waals surface area contributed by atoms with Crippen molar-refractivity contribution in [3.8, 4) is 0 Å². The maximum atomic E-state index is 12.2. The molecule has 2 atom stereocenters. The number of hydrogen-bond donors (Lipinski definition) is 1. The Hall–Kier alpha value is -1.82. The first kappa shape index (κ1) is 24.2. The van der Waals surface area contributed by atoms with Crippen molar-refractivity contribution >= 4 is 12.1 Å². The summed E-state index contributed by atoms with van der Waals surface area (Å²) in [6, 6.07) is 0. The first-order chi connectivity index (χ1) is 11.8. The zero-order chi connectivity index (χ0) is 20.5. The monoisotopic (exact) mass is 369 g/mol. The van der Waals surface area contributed by atoms with Gasteiger partial charge >= 0.3 is 12.1 Å². The molecule has 0 heterocycles. The molecule has 1 unspecified atom stereocenters. The molecule has 0 aromatic carbocycles. The Kier molecular flexibility index (Phi) is 9.63. The SMILES string of the molecule is C=CCOC(=O)[C@H](CC(=C)C)OC(C)C(C)(C)CNC(=O)OC(C)(C)C. The van der Waals surface area contributed by atoms with Gasteiger partial charge in [0.25, 0.3) is 0 Å². The zero-order valence-electron chi connectivity index (χ0n) is 17.3. The molecule has 0 aromatic heterocycles. The highest BCUT2D eigenvalue weighted by molar-refractivity contribution is 5.75. The fourth-order valence-electron chi connectivity index (χ4n) is 1.93. The number of esters is 1. The largest absolute Gasteiger partial charge is 0.460 e. The molecule has 0 fully saturated rings. The van der Waals surface area contributed by atoms with Crippen LogP contribution in [0.2, 0.25) is 0 Å².